The predicted molar refractivity (Wildman–Crippen MR) is 80.4 cm³/mol. The number of benzene rings is 1. The third-order valence-electron chi connectivity index (χ3n) is 2.79. The number of thiophene rings is 1. The van der Waals surface area contributed by atoms with E-state index < -0.39 is 0 Å². The van der Waals surface area contributed by atoms with E-state index in [4.69, 9.17) is 4.74 Å². The van der Waals surface area contributed by atoms with E-state index in [0.717, 1.165) is 4.88 Å². The normalized spacial score (nSPS) is 11.2. The minimum atomic E-state index is -0.287. The molecule has 0 aliphatic carbocycles. The van der Waals surface area contributed by atoms with E-state index in [0.29, 0.717) is 6.61 Å². The summed E-state index contributed by atoms with van der Waals surface area (Å²) >= 11 is 1.70. The van der Waals surface area contributed by atoms with Gasteiger partial charge in [-0.15, -0.1) is 11.3 Å². The van der Waals surface area contributed by atoms with Crippen molar-refractivity contribution in [2.75, 3.05) is 6.61 Å². The molecule has 0 fully saturated rings. The molecule has 2 rings (SSSR count). The summed E-state index contributed by atoms with van der Waals surface area (Å²) in [5, 5.41) is 1.26. The Balaban J connectivity index is 2.34. The van der Waals surface area contributed by atoms with Crippen LogP contribution in [-0.4, -0.2) is 20.4 Å². The Bertz CT molecular complexity index is 614. The Morgan fingerprint density at radius 1 is 1.50 bits per heavy atom. The van der Waals surface area contributed by atoms with E-state index >= 15 is 0 Å². The molecule has 0 atom stereocenters. The number of ether oxygens (including phenoxy) is 1. The van der Waals surface area contributed by atoms with Crippen LogP contribution in [0.5, 0.6) is 0 Å². The summed E-state index contributed by atoms with van der Waals surface area (Å²) in [4.78, 5) is 12.4. The van der Waals surface area contributed by atoms with Crippen LogP contribution in [0.3, 0.4) is 0 Å². The van der Waals surface area contributed by atoms with Crippen molar-refractivity contribution in [3.63, 3.8) is 0 Å². The molecule has 0 aliphatic heterocycles. The zero-order chi connectivity index (χ0) is 13.1. The third kappa shape index (κ3) is 2.64. The van der Waals surface area contributed by atoms with Gasteiger partial charge in [0, 0.05) is 15.7 Å². The number of hydrogen-bond acceptors (Lipinski definition) is 3. The number of fused-ring (bicyclic) bond motifs is 1. The molecule has 1 aromatic carbocycles. The second-order valence-electron chi connectivity index (χ2n) is 4.18. The minimum Gasteiger partial charge on any atom is -0.463 e. The van der Waals surface area contributed by atoms with Crippen molar-refractivity contribution in [1.82, 2.24) is 0 Å². The number of hydrogen-bond donors (Lipinski definition) is 0. The first-order valence-electron chi connectivity index (χ1n) is 5.96. The molecule has 4 heteroatoms. The van der Waals surface area contributed by atoms with Crippen molar-refractivity contribution in [2.24, 2.45) is 0 Å². The van der Waals surface area contributed by atoms with Crippen LogP contribution in [0, 0.1) is 6.92 Å². The van der Waals surface area contributed by atoms with Gasteiger partial charge in [0.1, 0.15) is 7.85 Å². The van der Waals surface area contributed by atoms with E-state index in [-0.39, 0.29) is 5.97 Å². The first kappa shape index (κ1) is 12.9. The van der Waals surface area contributed by atoms with E-state index in [2.05, 4.69) is 33.0 Å². The van der Waals surface area contributed by atoms with Gasteiger partial charge in [-0.05, 0) is 30.9 Å². The zero-order valence-corrected chi connectivity index (χ0v) is 11.6. The molecule has 0 saturated carbocycles. The molecule has 0 bridgehead atoms. The van der Waals surface area contributed by atoms with E-state index in [9.17, 15) is 4.79 Å². The van der Waals surface area contributed by atoms with E-state index in [1.165, 1.54) is 27.2 Å². The summed E-state index contributed by atoms with van der Waals surface area (Å²) in [7, 11) is 2.09. The van der Waals surface area contributed by atoms with Crippen molar-refractivity contribution in [3.8, 4) is 0 Å². The average Bonchev–Trinajstić information content (AvgIpc) is 2.63. The van der Waals surface area contributed by atoms with Gasteiger partial charge in [-0.3, -0.25) is 0 Å². The fraction of sp³-hybridized carbons (Fsp3) is 0.214. The van der Waals surface area contributed by atoms with Gasteiger partial charge in [0.15, 0.2) is 0 Å². The fourth-order valence-corrected chi connectivity index (χ4v) is 3.06. The van der Waals surface area contributed by atoms with Gasteiger partial charge in [0.2, 0.25) is 0 Å². The van der Waals surface area contributed by atoms with Crippen LogP contribution >= 0.6 is 11.3 Å². The topological polar surface area (TPSA) is 26.3 Å². The molecule has 1 aromatic heterocycles. The van der Waals surface area contributed by atoms with Crippen molar-refractivity contribution in [2.45, 2.75) is 13.8 Å². The lowest BCUT2D eigenvalue weighted by Gasteiger charge is -1.95. The number of esters is 1. The summed E-state index contributed by atoms with van der Waals surface area (Å²) in [6, 6.07) is 6.42. The van der Waals surface area contributed by atoms with Gasteiger partial charge < -0.3 is 4.74 Å². The number of rotatable bonds is 3. The van der Waals surface area contributed by atoms with Crippen LogP contribution < -0.4 is 5.46 Å². The highest BCUT2D eigenvalue weighted by Gasteiger charge is 2.06. The number of carbonyl (C=O) groups is 1. The van der Waals surface area contributed by atoms with Crippen LogP contribution in [0.15, 0.2) is 24.3 Å². The SMILES string of the molecule is Bc1ccc2c(C)c(/C=C/C(=O)OCC)sc2c1. The second kappa shape index (κ2) is 5.40. The number of carbonyl (C=O) groups excluding carboxylic acids is 1. The van der Waals surface area contributed by atoms with Crippen molar-refractivity contribution >= 4 is 46.8 Å². The molecule has 1 heterocycles. The van der Waals surface area contributed by atoms with Gasteiger partial charge >= 0.3 is 5.97 Å². The van der Waals surface area contributed by atoms with Gasteiger partial charge in [-0.25, -0.2) is 4.79 Å². The highest BCUT2D eigenvalue weighted by atomic mass is 32.1. The first-order chi connectivity index (χ1) is 8.61. The lowest BCUT2D eigenvalue weighted by atomic mass is 9.95. The molecule has 0 amide bonds. The standard InChI is InChI=1S/C14H15BO2S/c1-3-17-14(16)7-6-12-9(2)11-5-4-10(15)8-13(11)18-12/h4-8H,3,15H2,1-2H3/b7-6+. The van der Waals surface area contributed by atoms with E-state index in [1.54, 1.807) is 18.3 Å². The van der Waals surface area contributed by atoms with Gasteiger partial charge in [0.25, 0.3) is 0 Å². The second-order valence-corrected chi connectivity index (χ2v) is 5.26. The van der Waals surface area contributed by atoms with Crippen LogP contribution in [0.4, 0.5) is 0 Å². The predicted octanol–water partition coefficient (Wildman–Crippen LogP) is 2.04. The van der Waals surface area contributed by atoms with Gasteiger partial charge in [-0.1, -0.05) is 23.7 Å². The van der Waals surface area contributed by atoms with Crippen molar-refractivity contribution in [3.05, 3.63) is 34.7 Å². The monoisotopic (exact) mass is 258 g/mol. The highest BCUT2D eigenvalue weighted by Crippen LogP contribution is 2.30. The fourth-order valence-electron chi connectivity index (χ4n) is 1.84. The smallest absolute Gasteiger partial charge is 0.330 e. The quantitative estimate of drug-likeness (QED) is 0.478. The summed E-state index contributed by atoms with van der Waals surface area (Å²) in [6.45, 7) is 4.30. The molecular formula is C14H15BO2S. The van der Waals surface area contributed by atoms with Gasteiger partial charge in [-0.2, -0.15) is 0 Å². The van der Waals surface area contributed by atoms with Crippen molar-refractivity contribution < 1.29 is 9.53 Å². The molecule has 0 spiro atoms. The Morgan fingerprint density at radius 2 is 2.28 bits per heavy atom. The molecular weight excluding hydrogens is 243 g/mol. The minimum absolute atomic E-state index is 0.287. The lowest BCUT2D eigenvalue weighted by Crippen LogP contribution is -1.98. The summed E-state index contributed by atoms with van der Waals surface area (Å²) in [5.74, 6) is -0.287. The summed E-state index contributed by atoms with van der Waals surface area (Å²) in [5.41, 5.74) is 2.47. The molecule has 2 nitrogen and oxygen atoms in total. The van der Waals surface area contributed by atoms with Crippen LogP contribution in [0.1, 0.15) is 17.4 Å². The molecule has 0 unspecified atom stereocenters. The molecule has 18 heavy (non-hydrogen) atoms. The largest absolute Gasteiger partial charge is 0.463 e. The van der Waals surface area contributed by atoms with Crippen LogP contribution in [-0.2, 0) is 9.53 Å². The Hall–Kier alpha value is -1.55. The maximum absolute atomic E-state index is 11.3. The highest BCUT2D eigenvalue weighted by molar-refractivity contribution is 7.20. The first-order valence-corrected chi connectivity index (χ1v) is 6.78. The van der Waals surface area contributed by atoms with Gasteiger partial charge in [0.05, 0.1) is 6.61 Å². The maximum Gasteiger partial charge on any atom is 0.330 e. The lowest BCUT2D eigenvalue weighted by molar-refractivity contribution is -0.137. The third-order valence-corrected chi connectivity index (χ3v) is 4.01. The Labute approximate surface area is 112 Å². The number of aryl methyl sites for hydroxylation is 1. The summed E-state index contributed by atoms with van der Waals surface area (Å²) in [6.07, 6.45) is 3.33. The molecule has 0 aliphatic rings. The van der Waals surface area contributed by atoms with Crippen molar-refractivity contribution in [1.29, 1.82) is 0 Å². The molecule has 0 radical (unpaired) electrons. The Morgan fingerprint density at radius 3 is 3.00 bits per heavy atom. The zero-order valence-electron chi connectivity index (χ0n) is 10.8. The molecule has 2 aromatic rings. The summed E-state index contributed by atoms with van der Waals surface area (Å²) < 4.78 is 6.14. The maximum atomic E-state index is 11.3. The molecule has 92 valence electrons. The molecule has 0 N–H and O–H groups in total. The Kier molecular flexibility index (Phi) is 3.87. The average molecular weight is 258 g/mol. The van der Waals surface area contributed by atoms with Crippen LogP contribution in [0.2, 0.25) is 0 Å². The van der Waals surface area contributed by atoms with Crippen LogP contribution in [0.25, 0.3) is 16.2 Å². The van der Waals surface area contributed by atoms with E-state index in [1.807, 2.05) is 6.08 Å². The molecule has 0 saturated heterocycles.